The van der Waals surface area contributed by atoms with Crippen LogP contribution in [0.1, 0.15) is 30.1 Å². The Kier molecular flexibility index (Phi) is 6.60. The van der Waals surface area contributed by atoms with Crippen molar-refractivity contribution < 1.29 is 19.9 Å². The monoisotopic (exact) mass is 417 g/mol. The van der Waals surface area contributed by atoms with Crippen molar-refractivity contribution in [1.82, 2.24) is 10.2 Å². The van der Waals surface area contributed by atoms with E-state index in [9.17, 15) is 25.1 Å². The maximum absolute atomic E-state index is 12.5. The van der Waals surface area contributed by atoms with Crippen molar-refractivity contribution in [3.05, 3.63) is 52.1 Å². The maximum Gasteiger partial charge on any atom is 0.284 e. The van der Waals surface area contributed by atoms with Crippen LogP contribution in [0.2, 0.25) is 0 Å². The first-order valence-electron chi connectivity index (χ1n) is 9.39. The predicted octanol–water partition coefficient (Wildman–Crippen LogP) is 3.37. The Balaban J connectivity index is 1.75. The van der Waals surface area contributed by atoms with Crippen molar-refractivity contribution in [1.29, 1.82) is 0 Å². The zero-order valence-electron chi connectivity index (χ0n) is 16.0. The third-order valence-corrected chi connectivity index (χ3v) is 6.11. The van der Waals surface area contributed by atoms with E-state index in [1.54, 1.807) is 0 Å². The fourth-order valence-electron chi connectivity index (χ4n) is 3.45. The molecular weight excluding hydrogens is 394 g/mol. The first-order chi connectivity index (χ1) is 13.9. The summed E-state index contributed by atoms with van der Waals surface area (Å²) < 4.78 is 0. The van der Waals surface area contributed by atoms with Crippen LogP contribution in [-0.2, 0) is 0 Å². The minimum Gasteiger partial charge on any atom is -0.508 e. The average molecular weight is 417 g/mol. The van der Waals surface area contributed by atoms with Gasteiger partial charge < -0.3 is 15.5 Å². The molecule has 3 N–H and O–H groups in total. The predicted molar refractivity (Wildman–Crippen MR) is 110 cm³/mol. The van der Waals surface area contributed by atoms with Gasteiger partial charge in [-0.05, 0) is 50.2 Å². The summed E-state index contributed by atoms with van der Waals surface area (Å²) in [6.07, 6.45) is 2.13. The number of benzene rings is 2. The number of phenolic OH excluding ortho intramolecular Hbond substituents is 2. The number of amides is 1. The number of carbonyl (C=O) groups is 1. The van der Waals surface area contributed by atoms with Gasteiger partial charge in [0, 0.05) is 30.3 Å². The van der Waals surface area contributed by atoms with Crippen LogP contribution < -0.4 is 5.32 Å². The van der Waals surface area contributed by atoms with E-state index in [4.69, 9.17) is 0 Å². The molecule has 3 rings (SSSR count). The van der Waals surface area contributed by atoms with Crippen molar-refractivity contribution in [3.63, 3.8) is 0 Å². The maximum atomic E-state index is 12.5. The first kappa shape index (κ1) is 20.9. The molecule has 1 aliphatic rings. The Morgan fingerprint density at radius 3 is 2.72 bits per heavy atom. The van der Waals surface area contributed by atoms with Crippen LogP contribution in [0.25, 0.3) is 0 Å². The first-order valence-corrected chi connectivity index (χ1v) is 10.2. The SMILES string of the molecule is CCN1CCCC1CNC(=O)c1ccc(Sc2ccc(O)cc2O)c([N+](=O)[O-])c1. The molecule has 2 aromatic carbocycles. The van der Waals surface area contributed by atoms with Gasteiger partial charge in [-0.15, -0.1) is 0 Å². The lowest BCUT2D eigenvalue weighted by molar-refractivity contribution is -0.387. The van der Waals surface area contributed by atoms with E-state index in [-0.39, 0.29) is 28.7 Å². The molecule has 0 radical (unpaired) electrons. The van der Waals surface area contributed by atoms with Crippen LogP contribution in [0.3, 0.4) is 0 Å². The lowest BCUT2D eigenvalue weighted by atomic mass is 10.1. The molecule has 0 aliphatic carbocycles. The molecule has 1 saturated heterocycles. The van der Waals surface area contributed by atoms with E-state index in [1.807, 2.05) is 0 Å². The van der Waals surface area contributed by atoms with Gasteiger partial charge in [-0.3, -0.25) is 19.8 Å². The van der Waals surface area contributed by atoms with Gasteiger partial charge in [-0.2, -0.15) is 0 Å². The fraction of sp³-hybridized carbons (Fsp3) is 0.350. The second kappa shape index (κ2) is 9.15. The van der Waals surface area contributed by atoms with E-state index < -0.39 is 4.92 Å². The van der Waals surface area contributed by atoms with E-state index in [1.165, 1.54) is 36.4 Å². The van der Waals surface area contributed by atoms with E-state index in [0.29, 0.717) is 22.4 Å². The Labute approximate surface area is 172 Å². The number of nitrogens with one attached hydrogen (secondary N) is 1. The van der Waals surface area contributed by atoms with Crippen LogP contribution in [0, 0.1) is 10.1 Å². The Morgan fingerprint density at radius 2 is 2.03 bits per heavy atom. The Morgan fingerprint density at radius 1 is 1.28 bits per heavy atom. The number of nitro benzene ring substituents is 1. The smallest absolute Gasteiger partial charge is 0.284 e. The number of likely N-dealkylation sites (N-methyl/N-ethyl adjacent to an activating group) is 1. The number of hydrogen-bond donors (Lipinski definition) is 3. The van der Waals surface area contributed by atoms with Crippen LogP contribution in [0.5, 0.6) is 11.5 Å². The quantitative estimate of drug-likeness (QED) is 0.467. The largest absolute Gasteiger partial charge is 0.508 e. The summed E-state index contributed by atoms with van der Waals surface area (Å²) in [5, 5.41) is 33.7. The molecule has 1 heterocycles. The van der Waals surface area contributed by atoms with Crippen molar-refractivity contribution in [3.8, 4) is 11.5 Å². The van der Waals surface area contributed by atoms with Gasteiger partial charge in [0.15, 0.2) is 0 Å². The van der Waals surface area contributed by atoms with Crippen LogP contribution in [0.15, 0.2) is 46.2 Å². The van der Waals surface area contributed by atoms with Gasteiger partial charge in [0.05, 0.1) is 14.7 Å². The Hall–Kier alpha value is -2.78. The van der Waals surface area contributed by atoms with Crippen molar-refractivity contribution in [2.45, 2.75) is 35.6 Å². The van der Waals surface area contributed by atoms with Crippen molar-refractivity contribution in [2.24, 2.45) is 0 Å². The lowest BCUT2D eigenvalue weighted by Gasteiger charge is -2.22. The average Bonchev–Trinajstić information content (AvgIpc) is 3.16. The molecule has 0 saturated carbocycles. The second-order valence-electron chi connectivity index (χ2n) is 6.83. The van der Waals surface area contributed by atoms with Crippen LogP contribution >= 0.6 is 11.8 Å². The zero-order chi connectivity index (χ0) is 21.0. The molecule has 0 aromatic heterocycles. The number of aromatic hydroxyl groups is 2. The highest BCUT2D eigenvalue weighted by molar-refractivity contribution is 7.99. The minimum atomic E-state index is -0.549. The molecule has 154 valence electrons. The van der Waals surface area contributed by atoms with Gasteiger partial charge in [0.2, 0.25) is 0 Å². The number of carbonyl (C=O) groups excluding carboxylic acids is 1. The number of hydrogen-bond acceptors (Lipinski definition) is 7. The number of phenols is 2. The van der Waals surface area contributed by atoms with Gasteiger partial charge in [-0.25, -0.2) is 0 Å². The minimum absolute atomic E-state index is 0.0997. The highest BCUT2D eigenvalue weighted by Gasteiger charge is 2.24. The molecule has 8 nitrogen and oxygen atoms in total. The summed E-state index contributed by atoms with van der Waals surface area (Å²) in [6, 6.07) is 8.61. The molecule has 29 heavy (non-hydrogen) atoms. The summed E-state index contributed by atoms with van der Waals surface area (Å²) in [6.45, 7) is 4.56. The molecule has 0 spiro atoms. The normalized spacial score (nSPS) is 16.7. The topological polar surface area (TPSA) is 116 Å². The third kappa shape index (κ3) is 4.99. The molecule has 1 amide bonds. The van der Waals surface area contributed by atoms with Crippen LogP contribution in [0.4, 0.5) is 5.69 Å². The third-order valence-electron chi connectivity index (χ3n) is 4.98. The molecule has 1 aliphatic heterocycles. The molecular formula is C20H23N3O5S. The lowest BCUT2D eigenvalue weighted by Crippen LogP contribution is -2.40. The zero-order valence-corrected chi connectivity index (χ0v) is 16.8. The van der Waals surface area contributed by atoms with E-state index in [0.717, 1.165) is 37.7 Å². The van der Waals surface area contributed by atoms with Gasteiger partial charge in [0.25, 0.3) is 11.6 Å². The van der Waals surface area contributed by atoms with Crippen molar-refractivity contribution in [2.75, 3.05) is 19.6 Å². The van der Waals surface area contributed by atoms with Crippen molar-refractivity contribution >= 4 is 23.4 Å². The molecule has 1 unspecified atom stereocenters. The Bertz CT molecular complexity index is 921. The van der Waals surface area contributed by atoms with Gasteiger partial charge in [0.1, 0.15) is 11.5 Å². The standard InChI is InChI=1S/C20H23N3O5S/c1-2-22-9-3-4-14(22)12-21-20(26)13-5-7-18(16(10-13)23(27)28)29-19-8-6-15(24)11-17(19)25/h5-8,10-11,14,24-25H,2-4,9,12H2,1H3,(H,21,26). The van der Waals surface area contributed by atoms with Gasteiger partial charge in [-0.1, -0.05) is 18.7 Å². The number of nitrogens with zero attached hydrogens (tertiary/aromatic N) is 2. The molecule has 1 fully saturated rings. The molecule has 0 bridgehead atoms. The number of rotatable bonds is 7. The molecule has 9 heteroatoms. The fourth-order valence-corrected chi connectivity index (χ4v) is 4.36. The highest BCUT2D eigenvalue weighted by Crippen LogP contribution is 2.40. The summed E-state index contributed by atoms with van der Waals surface area (Å²) in [5.41, 5.74) is 0.00296. The molecule has 2 aromatic rings. The highest BCUT2D eigenvalue weighted by atomic mass is 32.2. The van der Waals surface area contributed by atoms with Gasteiger partial charge >= 0.3 is 0 Å². The summed E-state index contributed by atoms with van der Waals surface area (Å²) in [4.78, 5) is 26.5. The summed E-state index contributed by atoms with van der Waals surface area (Å²) in [7, 11) is 0. The number of likely N-dealkylation sites (tertiary alicyclic amines) is 1. The summed E-state index contributed by atoms with van der Waals surface area (Å²) in [5.74, 6) is -0.625. The van der Waals surface area contributed by atoms with Crippen LogP contribution in [-0.4, -0.2) is 51.6 Å². The summed E-state index contributed by atoms with van der Waals surface area (Å²) >= 11 is 0.994. The van der Waals surface area contributed by atoms with E-state index in [2.05, 4.69) is 17.1 Å². The molecule has 1 atom stereocenters. The van der Waals surface area contributed by atoms with E-state index >= 15 is 0 Å². The number of nitro groups is 1. The second-order valence-corrected chi connectivity index (χ2v) is 7.91.